The SMILES string of the molecule is N#Cc1ccc(N2CCC(N3CCNCC3)C2)cc1C(F)(F)F. The zero-order valence-corrected chi connectivity index (χ0v) is 12.7. The van der Waals surface area contributed by atoms with Gasteiger partial charge in [-0.05, 0) is 24.6 Å². The summed E-state index contributed by atoms with van der Waals surface area (Å²) in [5.74, 6) is 0. The number of nitrogens with one attached hydrogen (secondary N) is 1. The minimum Gasteiger partial charge on any atom is -0.370 e. The summed E-state index contributed by atoms with van der Waals surface area (Å²) in [6.07, 6.45) is -3.54. The molecule has 1 aromatic rings. The van der Waals surface area contributed by atoms with Crippen molar-refractivity contribution in [3.05, 3.63) is 29.3 Å². The third-order valence-electron chi connectivity index (χ3n) is 4.63. The third-order valence-corrected chi connectivity index (χ3v) is 4.63. The Balaban J connectivity index is 1.76. The van der Waals surface area contributed by atoms with Crippen LogP contribution in [0, 0.1) is 11.3 Å². The standard InChI is InChI=1S/C16H19F3N4/c17-16(18,19)15-9-13(2-1-12(15)10-20)23-6-3-14(11-23)22-7-4-21-5-8-22/h1-2,9,14,21H,3-8,11H2. The number of anilines is 1. The van der Waals surface area contributed by atoms with Crippen molar-refractivity contribution in [3.63, 3.8) is 0 Å². The number of hydrogen-bond acceptors (Lipinski definition) is 4. The summed E-state index contributed by atoms with van der Waals surface area (Å²) in [6, 6.07) is 6.02. The van der Waals surface area contributed by atoms with Crippen LogP contribution in [0.1, 0.15) is 17.5 Å². The fourth-order valence-electron chi connectivity index (χ4n) is 3.38. The summed E-state index contributed by atoms with van der Waals surface area (Å²) in [4.78, 5) is 4.40. The molecule has 2 aliphatic rings. The molecule has 1 unspecified atom stereocenters. The van der Waals surface area contributed by atoms with Crippen molar-refractivity contribution in [3.8, 4) is 6.07 Å². The van der Waals surface area contributed by atoms with E-state index in [0.29, 0.717) is 11.7 Å². The molecule has 2 heterocycles. The lowest BCUT2D eigenvalue weighted by Gasteiger charge is -2.32. The van der Waals surface area contributed by atoms with Crippen LogP contribution in [0.3, 0.4) is 0 Å². The van der Waals surface area contributed by atoms with Crippen molar-refractivity contribution in [1.82, 2.24) is 10.2 Å². The van der Waals surface area contributed by atoms with Crippen LogP contribution in [0.25, 0.3) is 0 Å². The smallest absolute Gasteiger partial charge is 0.370 e. The molecule has 1 N–H and O–H groups in total. The van der Waals surface area contributed by atoms with Crippen LogP contribution in [-0.2, 0) is 6.18 Å². The number of piperazine rings is 1. The predicted molar refractivity (Wildman–Crippen MR) is 81.2 cm³/mol. The van der Waals surface area contributed by atoms with Crippen LogP contribution >= 0.6 is 0 Å². The first-order chi connectivity index (χ1) is 11.0. The second-order valence-electron chi connectivity index (χ2n) is 6.01. The van der Waals surface area contributed by atoms with Crippen molar-refractivity contribution < 1.29 is 13.2 Å². The van der Waals surface area contributed by atoms with Gasteiger partial charge in [-0.2, -0.15) is 18.4 Å². The van der Waals surface area contributed by atoms with Gasteiger partial charge in [0.05, 0.1) is 17.2 Å². The average Bonchev–Trinajstić information content (AvgIpc) is 3.04. The number of halogens is 3. The van der Waals surface area contributed by atoms with Crippen molar-refractivity contribution in [2.75, 3.05) is 44.2 Å². The normalized spacial score (nSPS) is 23.0. The van der Waals surface area contributed by atoms with E-state index in [9.17, 15) is 13.2 Å². The molecule has 2 saturated heterocycles. The molecule has 0 radical (unpaired) electrons. The summed E-state index contributed by atoms with van der Waals surface area (Å²) in [7, 11) is 0. The zero-order chi connectivity index (χ0) is 16.4. The van der Waals surface area contributed by atoms with Gasteiger partial charge in [0.25, 0.3) is 0 Å². The van der Waals surface area contributed by atoms with E-state index in [2.05, 4.69) is 10.2 Å². The molecular formula is C16H19F3N4. The Kier molecular flexibility index (Phi) is 4.46. The van der Waals surface area contributed by atoms with Crippen LogP contribution in [0.4, 0.5) is 18.9 Å². The molecule has 1 atom stereocenters. The summed E-state index contributed by atoms with van der Waals surface area (Å²) in [5.41, 5.74) is -0.615. The Labute approximate surface area is 133 Å². The monoisotopic (exact) mass is 324 g/mol. The first-order valence-electron chi connectivity index (χ1n) is 7.80. The minimum absolute atomic E-state index is 0.320. The highest BCUT2D eigenvalue weighted by Gasteiger charge is 2.35. The van der Waals surface area contributed by atoms with E-state index in [1.54, 1.807) is 12.1 Å². The molecule has 2 fully saturated rings. The lowest BCUT2D eigenvalue weighted by molar-refractivity contribution is -0.137. The van der Waals surface area contributed by atoms with E-state index in [0.717, 1.165) is 51.8 Å². The first kappa shape index (κ1) is 16.1. The third kappa shape index (κ3) is 3.43. The Morgan fingerprint density at radius 3 is 2.57 bits per heavy atom. The Hall–Kier alpha value is -1.78. The summed E-state index contributed by atoms with van der Waals surface area (Å²) in [6.45, 7) is 5.39. The number of nitrogens with zero attached hydrogens (tertiary/aromatic N) is 3. The predicted octanol–water partition coefficient (Wildman–Crippen LogP) is 2.06. The summed E-state index contributed by atoms with van der Waals surface area (Å²) in [5, 5.41) is 12.2. The van der Waals surface area contributed by atoms with E-state index in [1.165, 1.54) is 6.07 Å². The molecule has 124 valence electrons. The highest BCUT2D eigenvalue weighted by molar-refractivity contribution is 5.55. The van der Waals surface area contributed by atoms with Gasteiger partial charge in [-0.15, -0.1) is 0 Å². The number of benzene rings is 1. The number of nitriles is 1. The van der Waals surface area contributed by atoms with Crippen LogP contribution in [-0.4, -0.2) is 50.2 Å². The molecule has 23 heavy (non-hydrogen) atoms. The van der Waals surface area contributed by atoms with E-state index < -0.39 is 11.7 Å². The van der Waals surface area contributed by atoms with E-state index in [1.807, 2.05) is 4.90 Å². The first-order valence-corrected chi connectivity index (χ1v) is 7.80. The van der Waals surface area contributed by atoms with Gasteiger partial charge >= 0.3 is 6.18 Å². The van der Waals surface area contributed by atoms with Gasteiger partial charge in [-0.25, -0.2) is 0 Å². The second-order valence-corrected chi connectivity index (χ2v) is 6.01. The molecule has 1 aromatic carbocycles. The molecule has 0 amide bonds. The molecule has 0 saturated carbocycles. The van der Waals surface area contributed by atoms with Gasteiger partial charge < -0.3 is 10.2 Å². The maximum Gasteiger partial charge on any atom is 0.417 e. The Bertz CT molecular complexity index is 602. The van der Waals surface area contributed by atoms with Gasteiger partial charge in [0.15, 0.2) is 0 Å². The van der Waals surface area contributed by atoms with Gasteiger partial charge in [-0.1, -0.05) is 0 Å². The van der Waals surface area contributed by atoms with Gasteiger partial charge in [0.1, 0.15) is 0 Å². The van der Waals surface area contributed by atoms with Crippen LogP contribution in [0.2, 0.25) is 0 Å². The molecule has 4 nitrogen and oxygen atoms in total. The maximum atomic E-state index is 13.1. The maximum absolute atomic E-state index is 13.1. The lowest BCUT2D eigenvalue weighted by atomic mass is 10.1. The van der Waals surface area contributed by atoms with Crippen molar-refractivity contribution in [2.24, 2.45) is 0 Å². The highest BCUT2D eigenvalue weighted by atomic mass is 19.4. The molecule has 0 aliphatic carbocycles. The fraction of sp³-hybridized carbons (Fsp3) is 0.562. The Morgan fingerprint density at radius 1 is 1.17 bits per heavy atom. The Morgan fingerprint density at radius 2 is 1.91 bits per heavy atom. The van der Waals surface area contributed by atoms with Crippen LogP contribution in [0.5, 0.6) is 0 Å². The fourth-order valence-corrected chi connectivity index (χ4v) is 3.38. The van der Waals surface area contributed by atoms with Gasteiger partial charge in [0, 0.05) is 51.0 Å². The van der Waals surface area contributed by atoms with E-state index in [-0.39, 0.29) is 5.56 Å². The molecule has 2 aliphatic heterocycles. The van der Waals surface area contributed by atoms with Crippen molar-refractivity contribution >= 4 is 5.69 Å². The zero-order valence-electron chi connectivity index (χ0n) is 12.7. The molecule has 0 spiro atoms. The molecule has 7 heteroatoms. The van der Waals surface area contributed by atoms with E-state index >= 15 is 0 Å². The molecule has 0 bridgehead atoms. The quantitative estimate of drug-likeness (QED) is 0.904. The summed E-state index contributed by atoms with van der Waals surface area (Å²) >= 11 is 0. The van der Waals surface area contributed by atoms with Crippen molar-refractivity contribution in [1.29, 1.82) is 5.26 Å². The minimum atomic E-state index is -4.50. The molecule has 0 aromatic heterocycles. The van der Waals surface area contributed by atoms with Crippen molar-refractivity contribution in [2.45, 2.75) is 18.6 Å². The number of hydrogen-bond donors (Lipinski definition) is 1. The largest absolute Gasteiger partial charge is 0.417 e. The van der Waals surface area contributed by atoms with Crippen LogP contribution in [0.15, 0.2) is 18.2 Å². The average molecular weight is 324 g/mol. The van der Waals surface area contributed by atoms with E-state index in [4.69, 9.17) is 5.26 Å². The lowest BCUT2D eigenvalue weighted by Crippen LogP contribution is -2.49. The number of rotatable bonds is 2. The van der Waals surface area contributed by atoms with Gasteiger partial charge in [-0.3, -0.25) is 4.90 Å². The topological polar surface area (TPSA) is 42.3 Å². The molecule has 3 rings (SSSR count). The van der Waals surface area contributed by atoms with Gasteiger partial charge in [0.2, 0.25) is 0 Å². The number of alkyl halides is 3. The summed E-state index contributed by atoms with van der Waals surface area (Å²) < 4.78 is 39.3. The highest BCUT2D eigenvalue weighted by Crippen LogP contribution is 2.35. The van der Waals surface area contributed by atoms with Crippen LogP contribution < -0.4 is 10.2 Å². The molecular weight excluding hydrogens is 305 g/mol. The second kappa shape index (κ2) is 6.38.